The largest absolute Gasteiger partial charge is 0.345 e. The van der Waals surface area contributed by atoms with Crippen LogP contribution in [0.25, 0.3) is 0 Å². The summed E-state index contributed by atoms with van der Waals surface area (Å²) < 4.78 is 0. The van der Waals surface area contributed by atoms with Crippen molar-refractivity contribution in [3.05, 3.63) is 35.4 Å². The van der Waals surface area contributed by atoms with Gasteiger partial charge in [0.05, 0.1) is 0 Å². The summed E-state index contributed by atoms with van der Waals surface area (Å²) in [6.07, 6.45) is 2.52. The summed E-state index contributed by atoms with van der Waals surface area (Å²) in [5.74, 6) is 0.263. The molecule has 1 aliphatic rings. The van der Waals surface area contributed by atoms with Crippen LogP contribution in [0, 0.1) is 0 Å². The fraction of sp³-hybridized carbons (Fsp3) is 0.417. The van der Waals surface area contributed by atoms with E-state index >= 15 is 0 Å². The third-order valence-corrected chi connectivity index (χ3v) is 2.87. The number of hydrogen-bond donors (Lipinski definition) is 0. The fourth-order valence-corrected chi connectivity index (χ4v) is 1.89. The number of amides is 1. The van der Waals surface area contributed by atoms with Gasteiger partial charge in [0, 0.05) is 20.0 Å². The van der Waals surface area contributed by atoms with Crippen LogP contribution in [0.2, 0.25) is 0 Å². The molecule has 2 rings (SSSR count). The van der Waals surface area contributed by atoms with Crippen molar-refractivity contribution in [2.75, 3.05) is 13.6 Å². The summed E-state index contributed by atoms with van der Waals surface area (Å²) >= 11 is 0. The first-order valence-electron chi connectivity index (χ1n) is 5.08. The lowest BCUT2D eigenvalue weighted by molar-refractivity contribution is -0.129. The van der Waals surface area contributed by atoms with E-state index in [1.807, 2.05) is 11.9 Å². The molecule has 0 spiro atoms. The summed E-state index contributed by atoms with van der Waals surface area (Å²) in [4.78, 5) is 13.3. The Morgan fingerprint density at radius 2 is 1.71 bits per heavy atom. The van der Waals surface area contributed by atoms with Crippen molar-refractivity contribution in [2.45, 2.75) is 19.3 Å². The first-order chi connectivity index (χ1) is 6.77. The molecule has 0 atom stereocenters. The van der Waals surface area contributed by atoms with Gasteiger partial charge in [0.2, 0.25) is 5.91 Å². The summed E-state index contributed by atoms with van der Waals surface area (Å²) in [6.45, 7) is 0.843. The van der Waals surface area contributed by atoms with Crippen molar-refractivity contribution in [3.8, 4) is 0 Å². The molecular formula is C12H15NO. The summed E-state index contributed by atoms with van der Waals surface area (Å²) in [7, 11) is 1.89. The molecule has 2 heteroatoms. The van der Waals surface area contributed by atoms with Crippen LogP contribution in [0.5, 0.6) is 0 Å². The van der Waals surface area contributed by atoms with Crippen molar-refractivity contribution >= 4 is 5.91 Å². The monoisotopic (exact) mass is 189 g/mol. The van der Waals surface area contributed by atoms with Gasteiger partial charge in [-0.25, -0.2) is 0 Å². The number of carbonyl (C=O) groups is 1. The molecule has 0 saturated carbocycles. The van der Waals surface area contributed by atoms with Crippen LogP contribution in [-0.2, 0) is 17.6 Å². The molecule has 0 radical (unpaired) electrons. The molecule has 0 saturated heterocycles. The van der Waals surface area contributed by atoms with E-state index in [2.05, 4.69) is 24.3 Å². The van der Waals surface area contributed by atoms with Crippen molar-refractivity contribution in [3.63, 3.8) is 0 Å². The van der Waals surface area contributed by atoms with Gasteiger partial charge in [-0.2, -0.15) is 0 Å². The minimum absolute atomic E-state index is 0.263. The van der Waals surface area contributed by atoms with Crippen LogP contribution in [-0.4, -0.2) is 24.4 Å². The predicted molar refractivity (Wildman–Crippen MR) is 56.1 cm³/mol. The van der Waals surface area contributed by atoms with Gasteiger partial charge in [0.1, 0.15) is 0 Å². The maximum Gasteiger partial charge on any atom is 0.222 e. The molecule has 1 aromatic rings. The van der Waals surface area contributed by atoms with Gasteiger partial charge in [-0.05, 0) is 24.0 Å². The summed E-state index contributed by atoms with van der Waals surface area (Å²) in [5, 5.41) is 0. The van der Waals surface area contributed by atoms with Gasteiger partial charge in [0.25, 0.3) is 0 Å². The molecule has 1 amide bonds. The molecule has 0 bridgehead atoms. The van der Waals surface area contributed by atoms with Crippen LogP contribution in [0.3, 0.4) is 0 Å². The topological polar surface area (TPSA) is 20.3 Å². The fourth-order valence-electron chi connectivity index (χ4n) is 1.89. The molecule has 1 aromatic carbocycles. The second kappa shape index (κ2) is 3.82. The van der Waals surface area contributed by atoms with E-state index in [1.165, 1.54) is 11.1 Å². The zero-order valence-corrected chi connectivity index (χ0v) is 8.49. The van der Waals surface area contributed by atoms with E-state index in [0.717, 1.165) is 19.4 Å². The van der Waals surface area contributed by atoms with Crippen molar-refractivity contribution in [1.29, 1.82) is 0 Å². The normalized spacial score (nSPS) is 17.2. The highest BCUT2D eigenvalue weighted by Gasteiger charge is 2.14. The van der Waals surface area contributed by atoms with Crippen molar-refractivity contribution in [1.82, 2.24) is 4.90 Å². The number of benzene rings is 1. The van der Waals surface area contributed by atoms with Gasteiger partial charge in [-0.15, -0.1) is 0 Å². The lowest BCUT2D eigenvalue weighted by Crippen LogP contribution is -2.30. The number of nitrogens with zero attached hydrogens (tertiary/aromatic N) is 1. The quantitative estimate of drug-likeness (QED) is 0.607. The van der Waals surface area contributed by atoms with E-state index in [-0.39, 0.29) is 5.91 Å². The molecule has 1 aliphatic heterocycles. The Morgan fingerprint density at radius 1 is 1.07 bits per heavy atom. The zero-order chi connectivity index (χ0) is 9.97. The number of aryl methyl sites for hydroxylation is 1. The molecule has 0 aliphatic carbocycles. The van der Waals surface area contributed by atoms with Crippen molar-refractivity contribution < 1.29 is 4.79 Å². The molecular weight excluding hydrogens is 174 g/mol. The molecule has 2 nitrogen and oxygen atoms in total. The summed E-state index contributed by atoms with van der Waals surface area (Å²) in [5.41, 5.74) is 2.74. The molecule has 0 aromatic heterocycles. The second-order valence-corrected chi connectivity index (χ2v) is 3.83. The highest BCUT2D eigenvalue weighted by Crippen LogP contribution is 2.15. The minimum Gasteiger partial charge on any atom is -0.345 e. The lowest BCUT2D eigenvalue weighted by atomic mass is 9.98. The third-order valence-electron chi connectivity index (χ3n) is 2.87. The van der Waals surface area contributed by atoms with Crippen LogP contribution in [0.1, 0.15) is 17.5 Å². The highest BCUT2D eigenvalue weighted by molar-refractivity contribution is 5.76. The van der Waals surface area contributed by atoms with Gasteiger partial charge in [0.15, 0.2) is 0 Å². The Labute approximate surface area is 84.5 Å². The lowest BCUT2D eigenvalue weighted by Gasteiger charge is -2.21. The standard InChI is InChI=1S/C12H15NO/c1-13-9-8-11-5-3-2-4-10(11)6-7-12(13)14/h2-5H,6-9H2,1H3. The van der Waals surface area contributed by atoms with Crippen molar-refractivity contribution in [2.24, 2.45) is 0 Å². The van der Waals surface area contributed by atoms with E-state index in [0.29, 0.717) is 6.42 Å². The Balaban J connectivity index is 2.25. The molecule has 14 heavy (non-hydrogen) atoms. The summed E-state index contributed by atoms with van der Waals surface area (Å²) in [6, 6.07) is 8.42. The first-order valence-corrected chi connectivity index (χ1v) is 5.08. The highest BCUT2D eigenvalue weighted by atomic mass is 16.2. The number of hydrogen-bond acceptors (Lipinski definition) is 1. The number of fused-ring (bicyclic) bond motifs is 1. The van der Waals surface area contributed by atoms with Crippen LogP contribution >= 0.6 is 0 Å². The average molecular weight is 189 g/mol. The Hall–Kier alpha value is -1.31. The maximum absolute atomic E-state index is 11.5. The third kappa shape index (κ3) is 1.79. The number of carbonyl (C=O) groups excluding carboxylic acids is 1. The van der Waals surface area contributed by atoms with E-state index < -0.39 is 0 Å². The Morgan fingerprint density at radius 3 is 2.43 bits per heavy atom. The average Bonchev–Trinajstić information content (AvgIpc) is 2.21. The molecule has 0 fully saturated rings. The first kappa shape index (κ1) is 9.25. The molecule has 0 N–H and O–H groups in total. The zero-order valence-electron chi connectivity index (χ0n) is 8.49. The Kier molecular flexibility index (Phi) is 2.53. The van der Waals surface area contributed by atoms with Crippen LogP contribution < -0.4 is 0 Å². The Bertz CT molecular complexity index is 346. The van der Waals surface area contributed by atoms with Gasteiger partial charge >= 0.3 is 0 Å². The van der Waals surface area contributed by atoms with E-state index in [1.54, 1.807) is 0 Å². The predicted octanol–water partition coefficient (Wildman–Crippen LogP) is 1.63. The van der Waals surface area contributed by atoms with E-state index in [4.69, 9.17) is 0 Å². The minimum atomic E-state index is 0.263. The molecule has 74 valence electrons. The number of rotatable bonds is 0. The van der Waals surface area contributed by atoms with E-state index in [9.17, 15) is 4.79 Å². The van der Waals surface area contributed by atoms with Gasteiger partial charge in [-0.1, -0.05) is 24.3 Å². The SMILES string of the molecule is CN1CCc2ccccc2CCC1=O. The molecule has 0 unspecified atom stereocenters. The van der Waals surface area contributed by atoms with Gasteiger partial charge < -0.3 is 4.90 Å². The second-order valence-electron chi connectivity index (χ2n) is 3.83. The van der Waals surface area contributed by atoms with Crippen LogP contribution in [0.4, 0.5) is 0 Å². The maximum atomic E-state index is 11.5. The smallest absolute Gasteiger partial charge is 0.222 e. The van der Waals surface area contributed by atoms with Gasteiger partial charge in [-0.3, -0.25) is 4.79 Å². The molecule has 1 heterocycles. The van der Waals surface area contributed by atoms with Crippen LogP contribution in [0.15, 0.2) is 24.3 Å². The number of likely N-dealkylation sites (N-methyl/N-ethyl adjacent to an activating group) is 1.